The van der Waals surface area contributed by atoms with E-state index in [1.165, 1.54) is 16.2 Å². The maximum Gasteiger partial charge on any atom is 0.326 e. The van der Waals surface area contributed by atoms with Gasteiger partial charge < -0.3 is 9.84 Å². The molecule has 1 unspecified atom stereocenters. The van der Waals surface area contributed by atoms with Crippen LogP contribution in [0, 0.1) is 6.92 Å². The Labute approximate surface area is 155 Å². The standard InChI is InChI=1S/C19H19NO5S/c1-3-25-17(22)11-20-14-7-5-4-6-13(14)19(24,18(20)23)10-15(21)16-9-8-12(2)26-16/h4-9,24H,3,10-11H2,1-2H3. The van der Waals surface area contributed by atoms with Gasteiger partial charge in [0.05, 0.1) is 23.6 Å². The summed E-state index contributed by atoms with van der Waals surface area (Å²) in [6.07, 6.45) is -0.373. The summed E-state index contributed by atoms with van der Waals surface area (Å²) < 4.78 is 4.91. The molecule has 136 valence electrons. The van der Waals surface area contributed by atoms with Crippen molar-refractivity contribution in [1.82, 2.24) is 0 Å². The molecular weight excluding hydrogens is 354 g/mol. The van der Waals surface area contributed by atoms with Crippen LogP contribution in [-0.4, -0.2) is 35.9 Å². The molecule has 2 aromatic rings. The van der Waals surface area contributed by atoms with Crippen LogP contribution in [0.3, 0.4) is 0 Å². The van der Waals surface area contributed by atoms with E-state index in [-0.39, 0.29) is 25.4 Å². The molecule has 0 saturated carbocycles. The fourth-order valence-corrected chi connectivity index (χ4v) is 3.88. The number of ether oxygens (including phenoxy) is 1. The molecule has 0 aliphatic carbocycles. The first-order chi connectivity index (χ1) is 12.4. The highest BCUT2D eigenvalue weighted by atomic mass is 32.1. The SMILES string of the molecule is CCOC(=O)CN1C(=O)C(O)(CC(=O)c2ccc(C)s2)c2ccccc21. The highest BCUT2D eigenvalue weighted by Gasteiger charge is 2.51. The van der Waals surface area contributed by atoms with Crippen molar-refractivity contribution in [3.05, 3.63) is 51.7 Å². The molecule has 0 bridgehead atoms. The van der Waals surface area contributed by atoms with Crippen LogP contribution < -0.4 is 4.90 Å². The lowest BCUT2D eigenvalue weighted by molar-refractivity contribution is -0.144. The predicted octanol–water partition coefficient (Wildman–Crippen LogP) is 2.43. The number of rotatable bonds is 6. The summed E-state index contributed by atoms with van der Waals surface area (Å²) in [5.74, 6) is -1.57. The lowest BCUT2D eigenvalue weighted by atomic mass is 9.89. The van der Waals surface area contributed by atoms with E-state index in [0.29, 0.717) is 16.1 Å². The van der Waals surface area contributed by atoms with Gasteiger partial charge in [0.25, 0.3) is 5.91 Å². The number of hydrogen-bond acceptors (Lipinski definition) is 6. The number of aliphatic hydroxyl groups is 1. The number of nitrogens with zero attached hydrogens (tertiary/aromatic N) is 1. The highest BCUT2D eigenvalue weighted by molar-refractivity contribution is 7.14. The van der Waals surface area contributed by atoms with Gasteiger partial charge in [0, 0.05) is 10.4 Å². The number of fused-ring (bicyclic) bond motifs is 1. The molecule has 1 aromatic heterocycles. The summed E-state index contributed by atoms with van der Waals surface area (Å²) in [5.41, 5.74) is -1.24. The molecule has 0 radical (unpaired) electrons. The van der Waals surface area contributed by atoms with Gasteiger partial charge >= 0.3 is 5.97 Å². The Bertz CT molecular complexity index is 874. The van der Waals surface area contributed by atoms with E-state index in [2.05, 4.69) is 0 Å². The molecule has 1 aliphatic heterocycles. The summed E-state index contributed by atoms with van der Waals surface area (Å²) in [6.45, 7) is 3.45. The summed E-state index contributed by atoms with van der Waals surface area (Å²) in [5, 5.41) is 11.1. The molecule has 0 spiro atoms. The van der Waals surface area contributed by atoms with Crippen molar-refractivity contribution in [3.63, 3.8) is 0 Å². The summed E-state index contributed by atoms with van der Waals surface area (Å²) in [4.78, 5) is 40.0. The third-order valence-corrected chi connectivity index (χ3v) is 5.31. The van der Waals surface area contributed by atoms with Crippen LogP contribution in [0.1, 0.15) is 33.5 Å². The third-order valence-electron chi connectivity index (χ3n) is 4.26. The number of amides is 1. The number of Topliss-reactive ketones (excluding diaryl/α,β-unsaturated/α-hetero) is 1. The fourth-order valence-electron chi connectivity index (χ4n) is 3.07. The van der Waals surface area contributed by atoms with E-state index in [9.17, 15) is 19.5 Å². The summed E-state index contributed by atoms with van der Waals surface area (Å²) in [6, 6.07) is 10.1. The van der Waals surface area contributed by atoms with Crippen molar-refractivity contribution < 1.29 is 24.2 Å². The number of carbonyl (C=O) groups excluding carboxylic acids is 3. The maximum atomic E-state index is 12.9. The van der Waals surface area contributed by atoms with Gasteiger partial charge in [0.2, 0.25) is 0 Å². The maximum absolute atomic E-state index is 12.9. The number of benzene rings is 1. The topological polar surface area (TPSA) is 83.9 Å². The number of anilines is 1. The van der Waals surface area contributed by atoms with Crippen LogP contribution in [-0.2, 0) is 19.9 Å². The van der Waals surface area contributed by atoms with Gasteiger partial charge in [-0.3, -0.25) is 19.3 Å². The number of carbonyl (C=O) groups is 3. The first-order valence-corrected chi connectivity index (χ1v) is 9.07. The zero-order valence-corrected chi connectivity index (χ0v) is 15.3. The zero-order chi connectivity index (χ0) is 18.9. The quantitative estimate of drug-likeness (QED) is 0.621. The second kappa shape index (κ2) is 7.01. The van der Waals surface area contributed by atoms with Crippen molar-refractivity contribution in [2.75, 3.05) is 18.1 Å². The third kappa shape index (κ3) is 3.15. The van der Waals surface area contributed by atoms with E-state index < -0.39 is 17.5 Å². The van der Waals surface area contributed by atoms with Gasteiger partial charge in [-0.05, 0) is 32.0 Å². The molecular formula is C19H19NO5S. The molecule has 1 aromatic carbocycles. The van der Waals surface area contributed by atoms with Gasteiger partial charge in [-0.15, -0.1) is 11.3 Å². The van der Waals surface area contributed by atoms with Crippen molar-refractivity contribution in [3.8, 4) is 0 Å². The molecule has 6 nitrogen and oxygen atoms in total. The van der Waals surface area contributed by atoms with E-state index in [1.807, 2.05) is 13.0 Å². The Kier molecular flexibility index (Phi) is 4.93. The Hall–Kier alpha value is -2.51. The highest BCUT2D eigenvalue weighted by Crippen LogP contribution is 2.43. The van der Waals surface area contributed by atoms with E-state index in [1.54, 1.807) is 37.3 Å². The van der Waals surface area contributed by atoms with Crippen LogP contribution in [0.25, 0.3) is 0 Å². The Morgan fingerprint density at radius 1 is 1.23 bits per heavy atom. The minimum Gasteiger partial charge on any atom is -0.465 e. The Morgan fingerprint density at radius 2 is 1.96 bits per heavy atom. The van der Waals surface area contributed by atoms with Gasteiger partial charge in [-0.2, -0.15) is 0 Å². The molecule has 0 fully saturated rings. The van der Waals surface area contributed by atoms with Crippen molar-refractivity contribution in [2.24, 2.45) is 0 Å². The smallest absolute Gasteiger partial charge is 0.326 e. The molecule has 26 heavy (non-hydrogen) atoms. The summed E-state index contributed by atoms with van der Waals surface area (Å²) >= 11 is 1.32. The van der Waals surface area contributed by atoms with Crippen molar-refractivity contribution in [2.45, 2.75) is 25.9 Å². The Balaban J connectivity index is 1.92. The number of thiophene rings is 1. The number of para-hydroxylation sites is 1. The predicted molar refractivity (Wildman–Crippen MR) is 97.3 cm³/mol. The van der Waals surface area contributed by atoms with Crippen molar-refractivity contribution in [1.29, 1.82) is 0 Å². The fraction of sp³-hybridized carbons (Fsp3) is 0.316. The molecule has 1 amide bonds. The molecule has 7 heteroatoms. The van der Waals surface area contributed by atoms with Crippen LogP contribution >= 0.6 is 11.3 Å². The summed E-state index contributed by atoms with van der Waals surface area (Å²) in [7, 11) is 0. The molecule has 0 saturated heterocycles. The second-order valence-electron chi connectivity index (χ2n) is 6.08. The van der Waals surface area contributed by atoms with Crippen LogP contribution in [0.5, 0.6) is 0 Å². The normalized spacial score (nSPS) is 18.7. The number of esters is 1. The van der Waals surface area contributed by atoms with Gasteiger partial charge in [-0.1, -0.05) is 18.2 Å². The van der Waals surface area contributed by atoms with Crippen LogP contribution in [0.4, 0.5) is 5.69 Å². The lowest BCUT2D eigenvalue weighted by Crippen LogP contribution is -2.43. The molecule has 1 aliphatic rings. The monoisotopic (exact) mass is 373 g/mol. The first kappa shape index (κ1) is 18.3. The second-order valence-corrected chi connectivity index (χ2v) is 7.37. The Morgan fingerprint density at radius 3 is 2.62 bits per heavy atom. The molecule has 1 N–H and O–H groups in total. The van der Waals surface area contributed by atoms with Gasteiger partial charge in [0.15, 0.2) is 11.4 Å². The minimum absolute atomic E-state index is 0.197. The van der Waals surface area contributed by atoms with Gasteiger partial charge in [0.1, 0.15) is 6.54 Å². The average Bonchev–Trinajstić information content (AvgIpc) is 3.12. The average molecular weight is 373 g/mol. The van der Waals surface area contributed by atoms with Crippen LogP contribution in [0.15, 0.2) is 36.4 Å². The van der Waals surface area contributed by atoms with Crippen molar-refractivity contribution >= 4 is 34.7 Å². The largest absolute Gasteiger partial charge is 0.465 e. The van der Waals surface area contributed by atoms with Gasteiger partial charge in [-0.25, -0.2) is 0 Å². The molecule has 3 rings (SSSR count). The molecule has 2 heterocycles. The zero-order valence-electron chi connectivity index (χ0n) is 14.5. The van der Waals surface area contributed by atoms with Crippen LogP contribution in [0.2, 0.25) is 0 Å². The van der Waals surface area contributed by atoms with E-state index in [4.69, 9.17) is 4.74 Å². The molecule has 1 atom stereocenters. The van der Waals surface area contributed by atoms with E-state index >= 15 is 0 Å². The lowest BCUT2D eigenvalue weighted by Gasteiger charge is -2.22. The minimum atomic E-state index is -1.99. The van der Waals surface area contributed by atoms with E-state index in [0.717, 1.165) is 4.88 Å². The first-order valence-electron chi connectivity index (χ1n) is 8.26. The number of aryl methyl sites for hydroxylation is 1. The number of ketones is 1. The number of hydrogen-bond donors (Lipinski definition) is 1.